The van der Waals surface area contributed by atoms with Crippen molar-refractivity contribution >= 4 is 15.9 Å². The van der Waals surface area contributed by atoms with Crippen LogP contribution in [0.15, 0.2) is 45.5 Å². The highest BCUT2D eigenvalue weighted by Gasteiger charge is 2.13. The molecule has 0 aliphatic carbocycles. The van der Waals surface area contributed by atoms with Crippen LogP contribution in [-0.4, -0.2) is 0 Å². The molecule has 0 saturated heterocycles. The van der Waals surface area contributed by atoms with Crippen molar-refractivity contribution in [2.45, 2.75) is 32.9 Å². The van der Waals surface area contributed by atoms with Crippen molar-refractivity contribution in [1.29, 1.82) is 0 Å². The molecule has 0 radical (unpaired) electrons. The third kappa shape index (κ3) is 3.24. The molecule has 2 atom stereocenters. The molecule has 96 valence electrons. The summed E-state index contributed by atoms with van der Waals surface area (Å²) in [6.07, 6.45) is 0. The monoisotopic (exact) mass is 307 g/mol. The summed E-state index contributed by atoms with van der Waals surface area (Å²) >= 11 is 3.33. The summed E-state index contributed by atoms with van der Waals surface area (Å²) in [4.78, 5) is 0. The third-order valence-corrected chi connectivity index (χ3v) is 3.49. The van der Waals surface area contributed by atoms with Crippen LogP contribution in [0.4, 0.5) is 0 Å². The minimum atomic E-state index is 0.187. The van der Waals surface area contributed by atoms with Crippen molar-refractivity contribution < 1.29 is 4.42 Å². The van der Waals surface area contributed by atoms with E-state index in [0.717, 1.165) is 10.4 Å². The Morgan fingerprint density at radius 2 is 1.89 bits per heavy atom. The van der Waals surface area contributed by atoms with Crippen LogP contribution >= 0.6 is 15.9 Å². The van der Waals surface area contributed by atoms with Crippen LogP contribution in [0.3, 0.4) is 0 Å². The second-order valence-electron chi connectivity index (χ2n) is 4.67. The average molecular weight is 308 g/mol. The van der Waals surface area contributed by atoms with Gasteiger partial charge in [-0.15, -0.1) is 0 Å². The number of benzene rings is 1. The topological polar surface area (TPSA) is 25.2 Å². The Bertz CT molecular complexity index is 521. The standard InChI is InChI=1S/C15H18BrNO/c1-10-5-4-6-13(9-10)11(2)17-12(3)14-7-8-15(16)18-14/h4-9,11-12,17H,1-3H3/t11-,12?/m1/s1. The molecule has 1 N–H and O–H groups in total. The Morgan fingerprint density at radius 1 is 1.11 bits per heavy atom. The predicted octanol–water partition coefficient (Wildman–Crippen LogP) is 4.76. The molecule has 2 nitrogen and oxygen atoms in total. The van der Waals surface area contributed by atoms with Crippen LogP contribution in [0, 0.1) is 6.92 Å². The van der Waals surface area contributed by atoms with Crippen molar-refractivity contribution in [3.05, 3.63) is 58.0 Å². The van der Waals surface area contributed by atoms with E-state index in [1.807, 2.05) is 12.1 Å². The second-order valence-corrected chi connectivity index (χ2v) is 5.45. The molecule has 0 fully saturated rings. The van der Waals surface area contributed by atoms with E-state index in [9.17, 15) is 0 Å². The second kappa shape index (κ2) is 5.72. The van der Waals surface area contributed by atoms with Crippen molar-refractivity contribution in [2.24, 2.45) is 0 Å². The van der Waals surface area contributed by atoms with E-state index < -0.39 is 0 Å². The van der Waals surface area contributed by atoms with Crippen molar-refractivity contribution in [2.75, 3.05) is 0 Å². The maximum atomic E-state index is 5.56. The quantitative estimate of drug-likeness (QED) is 0.880. The number of nitrogens with one attached hydrogen (secondary N) is 1. The molecule has 18 heavy (non-hydrogen) atoms. The van der Waals surface area contributed by atoms with Crippen LogP contribution in [0.25, 0.3) is 0 Å². The lowest BCUT2D eigenvalue weighted by Crippen LogP contribution is -2.22. The fourth-order valence-electron chi connectivity index (χ4n) is 2.05. The number of hydrogen-bond acceptors (Lipinski definition) is 2. The van der Waals surface area contributed by atoms with E-state index in [1.54, 1.807) is 0 Å². The lowest BCUT2D eigenvalue weighted by atomic mass is 10.0. The lowest BCUT2D eigenvalue weighted by molar-refractivity contribution is 0.394. The van der Waals surface area contributed by atoms with E-state index in [1.165, 1.54) is 11.1 Å². The molecule has 2 rings (SSSR count). The van der Waals surface area contributed by atoms with Gasteiger partial charge in [-0.2, -0.15) is 0 Å². The van der Waals surface area contributed by atoms with Crippen molar-refractivity contribution in [3.8, 4) is 0 Å². The Hall–Kier alpha value is -1.06. The molecule has 0 spiro atoms. The van der Waals surface area contributed by atoms with Gasteiger partial charge < -0.3 is 9.73 Å². The normalized spacial score (nSPS) is 14.4. The van der Waals surface area contributed by atoms with Gasteiger partial charge in [0.15, 0.2) is 4.67 Å². The van der Waals surface area contributed by atoms with E-state index >= 15 is 0 Å². The van der Waals surface area contributed by atoms with E-state index in [2.05, 4.69) is 66.3 Å². The number of furan rings is 1. The zero-order valence-electron chi connectivity index (χ0n) is 10.9. The van der Waals surface area contributed by atoms with Gasteiger partial charge in [0.1, 0.15) is 5.76 Å². The number of halogens is 1. The SMILES string of the molecule is Cc1cccc([C@@H](C)NC(C)c2ccc(Br)o2)c1. The summed E-state index contributed by atoms with van der Waals surface area (Å²) in [6.45, 7) is 6.39. The third-order valence-electron chi connectivity index (χ3n) is 3.06. The van der Waals surface area contributed by atoms with Crippen LogP contribution in [0.5, 0.6) is 0 Å². The summed E-state index contributed by atoms with van der Waals surface area (Å²) < 4.78 is 6.33. The Balaban J connectivity index is 2.05. The Morgan fingerprint density at radius 3 is 2.50 bits per heavy atom. The van der Waals surface area contributed by atoms with Gasteiger partial charge in [-0.05, 0) is 54.4 Å². The fraction of sp³-hybridized carbons (Fsp3) is 0.333. The van der Waals surface area contributed by atoms with Crippen LogP contribution < -0.4 is 5.32 Å². The number of rotatable bonds is 4. The molecule has 0 aliphatic rings. The summed E-state index contributed by atoms with van der Waals surface area (Å²) in [5.41, 5.74) is 2.59. The zero-order chi connectivity index (χ0) is 13.1. The molecular formula is C15H18BrNO. The van der Waals surface area contributed by atoms with E-state index in [4.69, 9.17) is 4.42 Å². The summed E-state index contributed by atoms with van der Waals surface area (Å²) in [5.74, 6) is 0.946. The molecule has 3 heteroatoms. The highest BCUT2D eigenvalue weighted by Crippen LogP contribution is 2.23. The number of hydrogen-bond donors (Lipinski definition) is 1. The van der Waals surface area contributed by atoms with Gasteiger partial charge in [0.25, 0.3) is 0 Å². The molecule has 2 aromatic rings. The van der Waals surface area contributed by atoms with Gasteiger partial charge in [0.2, 0.25) is 0 Å². The molecule has 1 aromatic carbocycles. The van der Waals surface area contributed by atoms with E-state index in [-0.39, 0.29) is 6.04 Å². The van der Waals surface area contributed by atoms with Gasteiger partial charge in [0, 0.05) is 6.04 Å². The molecule has 0 amide bonds. The molecule has 1 aromatic heterocycles. The van der Waals surface area contributed by atoms with Crippen LogP contribution in [0.1, 0.15) is 42.8 Å². The highest BCUT2D eigenvalue weighted by molar-refractivity contribution is 9.10. The lowest BCUT2D eigenvalue weighted by Gasteiger charge is -2.19. The first kappa shape index (κ1) is 13.4. The van der Waals surface area contributed by atoms with Crippen LogP contribution in [-0.2, 0) is 0 Å². The largest absolute Gasteiger partial charge is 0.453 e. The molecular weight excluding hydrogens is 290 g/mol. The van der Waals surface area contributed by atoms with Crippen LogP contribution in [0.2, 0.25) is 0 Å². The number of aryl methyl sites for hydroxylation is 1. The first-order chi connectivity index (χ1) is 8.56. The molecule has 0 aliphatic heterocycles. The Labute approximate surface area is 117 Å². The first-order valence-corrected chi connectivity index (χ1v) is 6.93. The highest BCUT2D eigenvalue weighted by atomic mass is 79.9. The molecule has 0 saturated carbocycles. The maximum Gasteiger partial charge on any atom is 0.169 e. The van der Waals surface area contributed by atoms with Gasteiger partial charge in [0.05, 0.1) is 6.04 Å². The van der Waals surface area contributed by atoms with Gasteiger partial charge >= 0.3 is 0 Å². The minimum absolute atomic E-state index is 0.187. The first-order valence-electron chi connectivity index (χ1n) is 6.14. The van der Waals surface area contributed by atoms with Gasteiger partial charge in [-0.1, -0.05) is 29.8 Å². The molecule has 1 heterocycles. The van der Waals surface area contributed by atoms with Crippen molar-refractivity contribution in [1.82, 2.24) is 5.32 Å². The smallest absolute Gasteiger partial charge is 0.169 e. The predicted molar refractivity (Wildman–Crippen MR) is 77.6 cm³/mol. The summed E-state index contributed by atoms with van der Waals surface area (Å²) in [5, 5.41) is 3.54. The minimum Gasteiger partial charge on any atom is -0.453 e. The fourth-order valence-corrected chi connectivity index (χ4v) is 2.37. The molecule has 0 bridgehead atoms. The average Bonchev–Trinajstić information content (AvgIpc) is 2.76. The Kier molecular flexibility index (Phi) is 4.25. The van der Waals surface area contributed by atoms with Crippen molar-refractivity contribution in [3.63, 3.8) is 0 Å². The molecule has 1 unspecified atom stereocenters. The zero-order valence-corrected chi connectivity index (χ0v) is 12.5. The van der Waals surface area contributed by atoms with E-state index in [0.29, 0.717) is 6.04 Å². The summed E-state index contributed by atoms with van der Waals surface area (Å²) in [7, 11) is 0. The summed E-state index contributed by atoms with van der Waals surface area (Å²) in [6, 6.07) is 13.0. The van der Waals surface area contributed by atoms with Gasteiger partial charge in [-0.3, -0.25) is 0 Å². The van der Waals surface area contributed by atoms with Gasteiger partial charge in [-0.25, -0.2) is 0 Å². The maximum absolute atomic E-state index is 5.56.